The molecule has 39 heavy (non-hydrogen) atoms. The molecule has 0 saturated heterocycles. The topological polar surface area (TPSA) is 86.8 Å². The van der Waals surface area contributed by atoms with Gasteiger partial charge in [0.1, 0.15) is 12.6 Å². The van der Waals surface area contributed by atoms with E-state index in [4.69, 9.17) is 11.6 Å². The van der Waals surface area contributed by atoms with Crippen molar-refractivity contribution < 1.29 is 18.0 Å². The molecule has 0 aliphatic rings. The van der Waals surface area contributed by atoms with Gasteiger partial charge >= 0.3 is 0 Å². The maximum atomic E-state index is 14.0. The molecule has 0 heterocycles. The van der Waals surface area contributed by atoms with Gasteiger partial charge in [-0.25, -0.2) is 8.42 Å². The SMILES string of the molecule is CCNC(=O)C(CC)N(CCc1ccccc1)C(=O)CN(c1ccc(Cl)cc1C)S(=O)(=O)c1ccc(C)cc1. The number of likely N-dealkylation sites (N-methyl/N-ethyl adjacent to an activating group) is 1. The predicted molar refractivity (Wildman–Crippen MR) is 157 cm³/mol. The highest BCUT2D eigenvalue weighted by Gasteiger charge is 2.33. The molecule has 208 valence electrons. The van der Waals surface area contributed by atoms with Crippen molar-refractivity contribution in [2.45, 2.75) is 51.5 Å². The van der Waals surface area contributed by atoms with Crippen LogP contribution in [0.1, 0.15) is 37.0 Å². The lowest BCUT2D eigenvalue weighted by atomic mass is 10.1. The molecule has 3 rings (SSSR count). The quantitative estimate of drug-likeness (QED) is 0.327. The summed E-state index contributed by atoms with van der Waals surface area (Å²) < 4.78 is 29.0. The number of rotatable bonds is 12. The Morgan fingerprint density at radius 2 is 1.62 bits per heavy atom. The number of nitrogens with one attached hydrogen (secondary N) is 1. The first-order valence-corrected chi connectivity index (χ1v) is 14.9. The molecular weight excluding hydrogens is 534 g/mol. The summed E-state index contributed by atoms with van der Waals surface area (Å²) in [5, 5.41) is 3.27. The average Bonchev–Trinajstić information content (AvgIpc) is 2.90. The molecule has 3 aromatic carbocycles. The maximum absolute atomic E-state index is 14.0. The van der Waals surface area contributed by atoms with E-state index < -0.39 is 28.5 Å². The molecule has 9 heteroatoms. The highest BCUT2D eigenvalue weighted by Crippen LogP contribution is 2.29. The van der Waals surface area contributed by atoms with Crippen LogP contribution in [0.3, 0.4) is 0 Å². The number of carbonyl (C=O) groups excluding carboxylic acids is 2. The van der Waals surface area contributed by atoms with Crippen LogP contribution in [0.4, 0.5) is 5.69 Å². The van der Waals surface area contributed by atoms with Gasteiger partial charge in [0.15, 0.2) is 0 Å². The summed E-state index contributed by atoms with van der Waals surface area (Å²) in [6.07, 6.45) is 0.907. The van der Waals surface area contributed by atoms with Crippen molar-refractivity contribution in [1.82, 2.24) is 10.2 Å². The molecule has 0 radical (unpaired) electrons. The van der Waals surface area contributed by atoms with Crippen LogP contribution in [-0.2, 0) is 26.0 Å². The van der Waals surface area contributed by atoms with Crippen LogP contribution in [0, 0.1) is 13.8 Å². The molecule has 2 amide bonds. The van der Waals surface area contributed by atoms with Gasteiger partial charge < -0.3 is 10.2 Å². The summed E-state index contributed by atoms with van der Waals surface area (Å²) in [5.41, 5.74) is 2.89. The number of hydrogen-bond acceptors (Lipinski definition) is 4. The van der Waals surface area contributed by atoms with E-state index in [1.165, 1.54) is 17.0 Å². The molecule has 0 bridgehead atoms. The second-order valence-electron chi connectivity index (χ2n) is 9.40. The van der Waals surface area contributed by atoms with Crippen molar-refractivity contribution in [2.24, 2.45) is 0 Å². The smallest absolute Gasteiger partial charge is 0.264 e. The number of hydrogen-bond donors (Lipinski definition) is 1. The van der Waals surface area contributed by atoms with Crippen molar-refractivity contribution in [3.63, 3.8) is 0 Å². The number of sulfonamides is 1. The van der Waals surface area contributed by atoms with Gasteiger partial charge in [-0.1, -0.05) is 66.6 Å². The molecule has 7 nitrogen and oxygen atoms in total. The molecule has 0 saturated carbocycles. The van der Waals surface area contributed by atoms with E-state index in [1.54, 1.807) is 37.3 Å². The van der Waals surface area contributed by atoms with E-state index >= 15 is 0 Å². The summed E-state index contributed by atoms with van der Waals surface area (Å²) in [6, 6.07) is 20.3. The molecule has 0 spiro atoms. The van der Waals surface area contributed by atoms with Crippen LogP contribution in [0.5, 0.6) is 0 Å². The Balaban J connectivity index is 2.04. The second-order valence-corrected chi connectivity index (χ2v) is 11.7. The van der Waals surface area contributed by atoms with Crippen molar-refractivity contribution in [2.75, 3.05) is 23.9 Å². The maximum Gasteiger partial charge on any atom is 0.264 e. The molecule has 0 aliphatic heterocycles. The number of nitrogens with zero attached hydrogens (tertiary/aromatic N) is 2. The van der Waals surface area contributed by atoms with Crippen molar-refractivity contribution in [3.05, 3.63) is 94.5 Å². The monoisotopic (exact) mass is 569 g/mol. The lowest BCUT2D eigenvalue weighted by Gasteiger charge is -2.33. The van der Waals surface area contributed by atoms with Crippen LogP contribution in [0.25, 0.3) is 0 Å². The highest BCUT2D eigenvalue weighted by atomic mass is 35.5. The van der Waals surface area contributed by atoms with E-state index in [9.17, 15) is 18.0 Å². The van der Waals surface area contributed by atoms with Gasteiger partial charge in [0.2, 0.25) is 11.8 Å². The average molecular weight is 570 g/mol. The van der Waals surface area contributed by atoms with Gasteiger partial charge in [0, 0.05) is 18.1 Å². The third-order valence-electron chi connectivity index (χ3n) is 6.54. The first kappa shape index (κ1) is 30.2. The fourth-order valence-electron chi connectivity index (χ4n) is 4.44. The standard InChI is InChI=1S/C30H36ClN3O4S/c1-5-27(30(36)32-6-2)33(19-18-24-10-8-7-9-11-24)29(35)21-34(28-17-14-25(31)20-23(28)4)39(37,38)26-15-12-22(3)13-16-26/h7-17,20,27H,5-6,18-19,21H2,1-4H3,(H,32,36). The third-order valence-corrected chi connectivity index (χ3v) is 8.55. The minimum absolute atomic E-state index is 0.0712. The van der Waals surface area contributed by atoms with Crippen molar-refractivity contribution >= 4 is 39.1 Å². The largest absolute Gasteiger partial charge is 0.355 e. The summed E-state index contributed by atoms with van der Waals surface area (Å²) >= 11 is 6.16. The number of anilines is 1. The van der Waals surface area contributed by atoms with Crippen LogP contribution in [0.2, 0.25) is 5.02 Å². The zero-order chi connectivity index (χ0) is 28.6. The Morgan fingerprint density at radius 3 is 2.21 bits per heavy atom. The van der Waals surface area contributed by atoms with Crippen LogP contribution in [0.15, 0.2) is 77.7 Å². The first-order valence-electron chi connectivity index (χ1n) is 13.0. The molecule has 0 fully saturated rings. The molecule has 3 aromatic rings. The van der Waals surface area contributed by atoms with Gasteiger partial charge in [-0.3, -0.25) is 13.9 Å². The van der Waals surface area contributed by atoms with E-state index in [0.29, 0.717) is 35.7 Å². The number of halogens is 1. The Morgan fingerprint density at radius 1 is 0.949 bits per heavy atom. The van der Waals surface area contributed by atoms with Crippen molar-refractivity contribution in [1.29, 1.82) is 0 Å². The number of amides is 2. The van der Waals surface area contributed by atoms with E-state index in [0.717, 1.165) is 15.4 Å². The lowest BCUT2D eigenvalue weighted by molar-refractivity contribution is -0.139. The number of benzene rings is 3. The van der Waals surface area contributed by atoms with Gasteiger partial charge in [0.05, 0.1) is 10.6 Å². The summed E-state index contributed by atoms with van der Waals surface area (Å²) in [4.78, 5) is 28.5. The Labute approximate surface area is 236 Å². The molecule has 1 atom stereocenters. The fraction of sp³-hybridized carbons (Fsp3) is 0.333. The zero-order valence-electron chi connectivity index (χ0n) is 22.9. The van der Waals surface area contributed by atoms with Gasteiger partial charge in [-0.15, -0.1) is 0 Å². The summed E-state index contributed by atoms with van der Waals surface area (Å²) in [6.45, 7) is 7.50. The minimum atomic E-state index is -4.12. The van der Waals surface area contributed by atoms with Gasteiger partial charge in [0.25, 0.3) is 10.0 Å². The van der Waals surface area contributed by atoms with E-state index in [2.05, 4.69) is 5.32 Å². The second kappa shape index (κ2) is 13.6. The van der Waals surface area contributed by atoms with Crippen LogP contribution < -0.4 is 9.62 Å². The first-order chi connectivity index (χ1) is 18.6. The fourth-order valence-corrected chi connectivity index (χ4v) is 6.14. The lowest BCUT2D eigenvalue weighted by Crippen LogP contribution is -2.53. The molecule has 0 aliphatic carbocycles. The van der Waals surface area contributed by atoms with Gasteiger partial charge in [-0.05, 0) is 75.1 Å². The van der Waals surface area contributed by atoms with Crippen LogP contribution in [-0.4, -0.2) is 50.8 Å². The number of aryl methyl sites for hydroxylation is 2. The van der Waals surface area contributed by atoms with Crippen molar-refractivity contribution in [3.8, 4) is 0 Å². The van der Waals surface area contributed by atoms with Crippen LogP contribution >= 0.6 is 11.6 Å². The number of carbonyl (C=O) groups is 2. The molecule has 0 aromatic heterocycles. The summed E-state index contributed by atoms with van der Waals surface area (Å²) in [5.74, 6) is -0.730. The Hall–Kier alpha value is -3.36. The van der Waals surface area contributed by atoms with Gasteiger partial charge in [-0.2, -0.15) is 0 Å². The minimum Gasteiger partial charge on any atom is -0.355 e. The molecule has 1 N–H and O–H groups in total. The molecule has 1 unspecified atom stereocenters. The molecular formula is C30H36ClN3O4S. The zero-order valence-corrected chi connectivity index (χ0v) is 24.4. The normalized spacial score (nSPS) is 12.0. The third kappa shape index (κ3) is 7.61. The summed E-state index contributed by atoms with van der Waals surface area (Å²) in [7, 11) is -4.12. The van der Waals surface area contributed by atoms with E-state index in [1.807, 2.05) is 51.1 Å². The highest BCUT2D eigenvalue weighted by molar-refractivity contribution is 7.92. The Kier molecular flexibility index (Phi) is 10.5. The Bertz CT molecular complexity index is 1380. The predicted octanol–water partition coefficient (Wildman–Crippen LogP) is 5.14. The van der Waals surface area contributed by atoms with E-state index in [-0.39, 0.29) is 17.3 Å².